The van der Waals surface area contributed by atoms with E-state index in [2.05, 4.69) is 9.97 Å². The van der Waals surface area contributed by atoms with Crippen molar-refractivity contribution >= 4 is 10.9 Å². The number of hydrogen-bond acceptors (Lipinski definition) is 3. The molecule has 0 aliphatic rings. The van der Waals surface area contributed by atoms with E-state index in [1.807, 2.05) is 6.07 Å². The zero-order chi connectivity index (χ0) is 13.4. The second-order valence-corrected chi connectivity index (χ2v) is 4.33. The van der Waals surface area contributed by atoms with E-state index in [1.54, 1.807) is 31.3 Å². The van der Waals surface area contributed by atoms with Crippen molar-refractivity contribution in [3.63, 3.8) is 0 Å². The van der Waals surface area contributed by atoms with Gasteiger partial charge < -0.3 is 5.11 Å². The molecule has 1 aromatic carbocycles. The summed E-state index contributed by atoms with van der Waals surface area (Å²) >= 11 is 0. The fraction of sp³-hybridized carbons (Fsp3) is 0.0667. The van der Waals surface area contributed by atoms with Crippen molar-refractivity contribution in [2.75, 3.05) is 0 Å². The Labute approximate surface area is 109 Å². The van der Waals surface area contributed by atoms with E-state index in [-0.39, 0.29) is 11.6 Å². The van der Waals surface area contributed by atoms with Crippen LogP contribution in [0.15, 0.2) is 42.6 Å². The van der Waals surface area contributed by atoms with E-state index in [9.17, 15) is 9.50 Å². The number of nitrogens with zero attached hydrogens (tertiary/aromatic N) is 2. The highest BCUT2D eigenvalue weighted by Gasteiger charge is 2.10. The van der Waals surface area contributed by atoms with Gasteiger partial charge in [-0.15, -0.1) is 0 Å². The highest BCUT2D eigenvalue weighted by Crippen LogP contribution is 2.28. The Bertz CT molecular complexity index is 771. The van der Waals surface area contributed by atoms with E-state index in [0.717, 1.165) is 5.39 Å². The fourth-order valence-corrected chi connectivity index (χ4v) is 2.05. The van der Waals surface area contributed by atoms with Crippen LogP contribution in [0.4, 0.5) is 4.39 Å². The van der Waals surface area contributed by atoms with Crippen molar-refractivity contribution in [3.8, 4) is 17.0 Å². The molecule has 1 N–H and O–H groups in total. The summed E-state index contributed by atoms with van der Waals surface area (Å²) in [5.74, 6) is -0.208. The third kappa shape index (κ3) is 2.01. The van der Waals surface area contributed by atoms with E-state index in [4.69, 9.17) is 0 Å². The molecule has 0 aliphatic heterocycles. The molecular weight excluding hydrogens is 243 g/mol. The maximum atomic E-state index is 13.7. The first-order valence-electron chi connectivity index (χ1n) is 5.86. The summed E-state index contributed by atoms with van der Waals surface area (Å²) in [6.07, 6.45) is 1.66. The molecule has 3 rings (SSSR count). The molecule has 0 atom stereocenters. The quantitative estimate of drug-likeness (QED) is 0.723. The van der Waals surface area contributed by atoms with Crippen molar-refractivity contribution in [1.82, 2.24) is 9.97 Å². The molecule has 0 saturated carbocycles. The summed E-state index contributed by atoms with van der Waals surface area (Å²) in [6, 6.07) is 9.64. The number of pyridine rings is 2. The normalized spacial score (nSPS) is 10.8. The number of aryl methyl sites for hydroxylation is 1. The first-order valence-corrected chi connectivity index (χ1v) is 5.86. The predicted molar refractivity (Wildman–Crippen MR) is 71.3 cm³/mol. The van der Waals surface area contributed by atoms with Crippen LogP contribution >= 0.6 is 0 Å². The summed E-state index contributed by atoms with van der Waals surface area (Å²) in [4.78, 5) is 8.56. The monoisotopic (exact) mass is 254 g/mol. The van der Waals surface area contributed by atoms with Gasteiger partial charge in [0.05, 0.1) is 16.9 Å². The van der Waals surface area contributed by atoms with Gasteiger partial charge in [-0.25, -0.2) is 9.37 Å². The summed E-state index contributed by atoms with van der Waals surface area (Å²) in [5, 5.41) is 10.2. The Morgan fingerprint density at radius 2 is 2.00 bits per heavy atom. The molecule has 0 fully saturated rings. The number of aromatic nitrogens is 2. The van der Waals surface area contributed by atoms with E-state index in [0.29, 0.717) is 22.5 Å². The van der Waals surface area contributed by atoms with Gasteiger partial charge in [-0.05, 0) is 37.3 Å². The standard InChI is InChI=1S/C15H11FN2O/c1-9-14(19)5-4-13(18-9)12-8-11(16)7-10-3-2-6-17-15(10)12/h2-8,19H,1H3. The minimum Gasteiger partial charge on any atom is -0.506 e. The van der Waals surface area contributed by atoms with E-state index in [1.165, 1.54) is 12.1 Å². The molecule has 0 aliphatic carbocycles. The first-order chi connectivity index (χ1) is 9.15. The van der Waals surface area contributed by atoms with Gasteiger partial charge in [-0.3, -0.25) is 4.98 Å². The number of aromatic hydroxyl groups is 1. The van der Waals surface area contributed by atoms with Crippen LogP contribution in [0.3, 0.4) is 0 Å². The van der Waals surface area contributed by atoms with Crippen LogP contribution in [0.2, 0.25) is 0 Å². The van der Waals surface area contributed by atoms with Gasteiger partial charge in [0.2, 0.25) is 0 Å². The van der Waals surface area contributed by atoms with Crippen molar-refractivity contribution in [3.05, 3.63) is 54.1 Å². The molecule has 2 aromatic heterocycles. The smallest absolute Gasteiger partial charge is 0.136 e. The van der Waals surface area contributed by atoms with Crippen LogP contribution in [0.1, 0.15) is 5.69 Å². The number of fused-ring (bicyclic) bond motifs is 1. The van der Waals surface area contributed by atoms with Gasteiger partial charge in [0.15, 0.2) is 0 Å². The second kappa shape index (κ2) is 4.31. The SMILES string of the molecule is Cc1nc(-c2cc(F)cc3cccnc23)ccc1O. The average molecular weight is 254 g/mol. The lowest BCUT2D eigenvalue weighted by Gasteiger charge is -2.07. The lowest BCUT2D eigenvalue weighted by Crippen LogP contribution is -1.91. The molecule has 94 valence electrons. The summed E-state index contributed by atoms with van der Waals surface area (Å²) in [5.41, 5.74) is 2.42. The number of halogens is 1. The van der Waals surface area contributed by atoms with Crippen LogP contribution in [0, 0.1) is 12.7 Å². The summed E-state index contributed by atoms with van der Waals surface area (Å²) < 4.78 is 13.7. The van der Waals surface area contributed by atoms with Crippen molar-refractivity contribution < 1.29 is 9.50 Å². The number of benzene rings is 1. The van der Waals surface area contributed by atoms with Crippen molar-refractivity contribution in [2.45, 2.75) is 6.92 Å². The first kappa shape index (κ1) is 11.6. The minimum absolute atomic E-state index is 0.123. The number of hydrogen-bond donors (Lipinski definition) is 1. The van der Waals surface area contributed by atoms with Gasteiger partial charge in [0, 0.05) is 17.1 Å². The van der Waals surface area contributed by atoms with Gasteiger partial charge in [0.25, 0.3) is 0 Å². The molecule has 4 heteroatoms. The van der Waals surface area contributed by atoms with Crippen LogP contribution in [-0.4, -0.2) is 15.1 Å². The molecule has 0 spiro atoms. The molecular formula is C15H11FN2O. The molecule has 19 heavy (non-hydrogen) atoms. The Kier molecular flexibility index (Phi) is 2.63. The average Bonchev–Trinajstić information content (AvgIpc) is 2.41. The summed E-state index contributed by atoms with van der Waals surface area (Å²) in [7, 11) is 0. The Balaban J connectivity index is 2.32. The van der Waals surface area contributed by atoms with Gasteiger partial charge >= 0.3 is 0 Å². The van der Waals surface area contributed by atoms with E-state index >= 15 is 0 Å². The van der Waals surface area contributed by atoms with Crippen molar-refractivity contribution in [1.29, 1.82) is 0 Å². The van der Waals surface area contributed by atoms with Crippen LogP contribution in [-0.2, 0) is 0 Å². The fourth-order valence-electron chi connectivity index (χ4n) is 2.05. The lowest BCUT2D eigenvalue weighted by atomic mass is 10.1. The van der Waals surface area contributed by atoms with Crippen LogP contribution in [0.25, 0.3) is 22.2 Å². The Morgan fingerprint density at radius 3 is 2.79 bits per heavy atom. The minimum atomic E-state index is -0.331. The Hall–Kier alpha value is -2.49. The highest BCUT2D eigenvalue weighted by atomic mass is 19.1. The zero-order valence-corrected chi connectivity index (χ0v) is 10.3. The molecule has 0 bridgehead atoms. The molecule has 0 unspecified atom stereocenters. The molecule has 3 nitrogen and oxygen atoms in total. The molecule has 3 aromatic rings. The maximum Gasteiger partial charge on any atom is 0.136 e. The molecule has 0 amide bonds. The zero-order valence-electron chi connectivity index (χ0n) is 10.3. The number of rotatable bonds is 1. The van der Waals surface area contributed by atoms with Crippen molar-refractivity contribution in [2.24, 2.45) is 0 Å². The largest absolute Gasteiger partial charge is 0.506 e. The van der Waals surface area contributed by atoms with Crippen LogP contribution in [0.5, 0.6) is 5.75 Å². The third-order valence-corrected chi connectivity index (χ3v) is 3.00. The highest BCUT2D eigenvalue weighted by molar-refractivity contribution is 5.92. The van der Waals surface area contributed by atoms with Gasteiger partial charge in [-0.1, -0.05) is 6.07 Å². The molecule has 0 saturated heterocycles. The van der Waals surface area contributed by atoms with Crippen LogP contribution < -0.4 is 0 Å². The van der Waals surface area contributed by atoms with Gasteiger partial charge in [-0.2, -0.15) is 0 Å². The second-order valence-electron chi connectivity index (χ2n) is 4.33. The van der Waals surface area contributed by atoms with E-state index < -0.39 is 0 Å². The third-order valence-electron chi connectivity index (χ3n) is 3.00. The van der Waals surface area contributed by atoms with Gasteiger partial charge in [0.1, 0.15) is 11.6 Å². The lowest BCUT2D eigenvalue weighted by molar-refractivity contribution is 0.468. The topological polar surface area (TPSA) is 46.0 Å². The summed E-state index contributed by atoms with van der Waals surface area (Å²) in [6.45, 7) is 1.70. The maximum absolute atomic E-state index is 13.7. The predicted octanol–water partition coefficient (Wildman–Crippen LogP) is 3.45. The molecule has 0 radical (unpaired) electrons. The molecule has 2 heterocycles. The Morgan fingerprint density at radius 1 is 1.16 bits per heavy atom.